The number of carboxylic acid groups (broad SMARTS) is 1. The normalized spacial score (nSPS) is 29.4. The molecule has 0 heterocycles. The highest BCUT2D eigenvalue weighted by atomic mass is 19.4. The third kappa shape index (κ3) is 7.36. The van der Waals surface area contributed by atoms with Crippen molar-refractivity contribution >= 4 is 5.97 Å². The maximum Gasteiger partial charge on any atom is 0.460 e. The largest absolute Gasteiger partial charge is 0.508 e. The number of fused-ring (bicyclic) bond motifs is 6. The molecule has 3 N–H and O–H groups in total. The van der Waals surface area contributed by atoms with Crippen molar-refractivity contribution in [2.24, 2.45) is 34.5 Å². The van der Waals surface area contributed by atoms with Gasteiger partial charge in [0.15, 0.2) is 0 Å². The molecule has 4 aliphatic rings. The molecule has 7 atom stereocenters. The van der Waals surface area contributed by atoms with Crippen molar-refractivity contribution in [1.29, 1.82) is 0 Å². The van der Waals surface area contributed by atoms with E-state index in [-0.39, 0.29) is 18.1 Å². The third-order valence-electron chi connectivity index (χ3n) is 13.6. The molecule has 3 saturated carbocycles. The molecule has 0 saturated heterocycles. The minimum absolute atomic E-state index is 0.0382. The second kappa shape index (κ2) is 14.6. The van der Waals surface area contributed by atoms with Crippen LogP contribution >= 0.6 is 0 Å². The second-order valence-electron chi connectivity index (χ2n) is 16.3. The highest BCUT2D eigenvalue weighted by Gasteiger charge is 2.81. The quantitative estimate of drug-likeness (QED) is 0.110. The second-order valence-corrected chi connectivity index (χ2v) is 16.3. The topological polar surface area (TPSA) is 77.8 Å². The maximum absolute atomic E-state index is 13.8. The van der Waals surface area contributed by atoms with Crippen molar-refractivity contribution in [3.8, 4) is 5.75 Å². The number of aliphatic hydroxyl groups excluding tert-OH is 1. The lowest BCUT2D eigenvalue weighted by molar-refractivity contribution is -0.396. The molecule has 0 aliphatic heterocycles. The fraction of sp³-hybridized carbons (Fsp3) is 0.816. The molecular formula is C38H51F9O4. The number of phenols is 1. The van der Waals surface area contributed by atoms with Gasteiger partial charge in [-0.3, -0.25) is 4.79 Å². The molecule has 13 heteroatoms. The SMILES string of the molecule is C[C@]12CCC3c4ccc(O)cc4[C@@H](O)C(CCCCCCCCCC(CCCC(F)(F)C(F)(F)C(F)(F)C(F)(F)F)C(=O)O)C3C1CCC21CC1. The number of halogens is 9. The van der Waals surface area contributed by atoms with Crippen LogP contribution in [0, 0.1) is 34.5 Å². The van der Waals surface area contributed by atoms with Gasteiger partial charge < -0.3 is 15.3 Å². The number of alkyl halides is 9. The highest BCUT2D eigenvalue weighted by molar-refractivity contribution is 5.69. The monoisotopic (exact) mass is 742 g/mol. The van der Waals surface area contributed by atoms with Gasteiger partial charge in [0.05, 0.1) is 12.0 Å². The van der Waals surface area contributed by atoms with Crippen LogP contribution in [0.3, 0.4) is 0 Å². The zero-order valence-electron chi connectivity index (χ0n) is 29.1. The number of aliphatic hydroxyl groups is 1. The first-order valence-corrected chi connectivity index (χ1v) is 18.6. The number of phenolic OH excluding ortho intramolecular Hbond substituents is 1. The molecule has 4 nitrogen and oxygen atoms in total. The Balaban J connectivity index is 1.04. The Labute approximate surface area is 293 Å². The third-order valence-corrected chi connectivity index (χ3v) is 13.6. The van der Waals surface area contributed by atoms with Crippen molar-refractivity contribution in [3.63, 3.8) is 0 Å². The Morgan fingerprint density at radius 2 is 1.41 bits per heavy atom. The molecule has 5 unspecified atom stereocenters. The summed E-state index contributed by atoms with van der Waals surface area (Å²) in [7, 11) is 0. The lowest BCUT2D eigenvalue weighted by Gasteiger charge is -2.55. The predicted octanol–water partition coefficient (Wildman–Crippen LogP) is 11.6. The van der Waals surface area contributed by atoms with E-state index in [1.807, 2.05) is 6.07 Å². The maximum atomic E-state index is 13.8. The lowest BCUT2D eigenvalue weighted by atomic mass is 9.50. The van der Waals surface area contributed by atoms with E-state index in [9.17, 15) is 59.6 Å². The number of hydrogen-bond donors (Lipinski definition) is 3. The number of benzene rings is 1. The van der Waals surface area contributed by atoms with Gasteiger partial charge in [0.1, 0.15) is 5.75 Å². The van der Waals surface area contributed by atoms with Gasteiger partial charge in [-0.25, -0.2) is 0 Å². The van der Waals surface area contributed by atoms with Gasteiger partial charge in [-0.05, 0) is 122 Å². The number of hydrogen-bond acceptors (Lipinski definition) is 3. The van der Waals surface area contributed by atoms with Gasteiger partial charge in [-0.1, -0.05) is 57.9 Å². The summed E-state index contributed by atoms with van der Waals surface area (Å²) in [5, 5.41) is 31.4. The molecular weight excluding hydrogens is 691 g/mol. The Hall–Kier alpha value is -2.18. The molecule has 1 aromatic rings. The van der Waals surface area contributed by atoms with Crippen LogP contribution in [0.4, 0.5) is 39.5 Å². The fourth-order valence-corrected chi connectivity index (χ4v) is 10.5. The summed E-state index contributed by atoms with van der Waals surface area (Å²) in [6, 6.07) is 5.48. The van der Waals surface area contributed by atoms with Crippen molar-refractivity contribution in [2.45, 2.75) is 158 Å². The van der Waals surface area contributed by atoms with Crippen LogP contribution in [-0.4, -0.2) is 45.2 Å². The molecule has 1 spiro atoms. The van der Waals surface area contributed by atoms with E-state index in [0.717, 1.165) is 50.5 Å². The van der Waals surface area contributed by atoms with E-state index in [4.69, 9.17) is 0 Å². The van der Waals surface area contributed by atoms with Gasteiger partial charge in [0, 0.05) is 6.42 Å². The van der Waals surface area contributed by atoms with Gasteiger partial charge in [0.2, 0.25) is 0 Å². The minimum Gasteiger partial charge on any atom is -0.508 e. The van der Waals surface area contributed by atoms with Crippen LogP contribution in [-0.2, 0) is 4.79 Å². The minimum atomic E-state index is -6.94. The van der Waals surface area contributed by atoms with E-state index in [2.05, 4.69) is 6.92 Å². The molecule has 3 fully saturated rings. The molecule has 5 rings (SSSR count). The van der Waals surface area contributed by atoms with E-state index < -0.39 is 61.2 Å². The highest BCUT2D eigenvalue weighted by Crippen LogP contribution is 2.77. The van der Waals surface area contributed by atoms with Crippen molar-refractivity contribution in [3.05, 3.63) is 29.3 Å². The molecule has 0 radical (unpaired) electrons. The summed E-state index contributed by atoms with van der Waals surface area (Å²) in [5.41, 5.74) is 2.84. The number of carboxylic acids is 1. The number of carbonyl (C=O) groups is 1. The number of unbranched alkanes of at least 4 members (excludes halogenated alkanes) is 6. The summed E-state index contributed by atoms with van der Waals surface area (Å²) in [4.78, 5) is 11.6. The standard InChI is InChI=1S/C38H51F9O4/c1-33-18-15-26-25-14-13-24(48)22-28(25)31(49)27(30(26)29(33)16-19-34(33)20-21-34)12-8-6-4-2-3-5-7-10-23(32(50)51)11-9-17-35(39,40)36(41,42)37(43,44)38(45,46)47/h13-14,22-23,26-27,29-31,48-49H,2-12,15-21H2,1H3,(H,50,51)/t23?,26?,27?,29?,30?,31-,33-/m0/s1. The first-order valence-electron chi connectivity index (χ1n) is 18.6. The first kappa shape index (κ1) is 40.0. The summed E-state index contributed by atoms with van der Waals surface area (Å²) < 4.78 is 118. The summed E-state index contributed by atoms with van der Waals surface area (Å²) in [5.74, 6) is -20.3. The van der Waals surface area contributed by atoms with Crippen LogP contribution in [0.1, 0.15) is 146 Å². The zero-order valence-corrected chi connectivity index (χ0v) is 29.1. The Morgan fingerprint density at radius 3 is 2.02 bits per heavy atom. The van der Waals surface area contributed by atoms with Gasteiger partial charge in [-0.2, -0.15) is 39.5 Å². The first-order chi connectivity index (χ1) is 23.7. The van der Waals surface area contributed by atoms with Crippen LogP contribution in [0.15, 0.2) is 18.2 Å². The fourth-order valence-electron chi connectivity index (χ4n) is 10.5. The molecule has 0 bridgehead atoms. The Morgan fingerprint density at radius 1 is 0.804 bits per heavy atom. The van der Waals surface area contributed by atoms with Crippen LogP contribution < -0.4 is 0 Å². The molecule has 51 heavy (non-hydrogen) atoms. The van der Waals surface area contributed by atoms with Crippen LogP contribution in [0.5, 0.6) is 5.75 Å². The predicted molar refractivity (Wildman–Crippen MR) is 172 cm³/mol. The Bertz CT molecular complexity index is 1380. The van der Waals surface area contributed by atoms with Crippen molar-refractivity contribution < 1.29 is 59.6 Å². The van der Waals surface area contributed by atoms with Crippen LogP contribution in [0.25, 0.3) is 0 Å². The van der Waals surface area contributed by atoms with Gasteiger partial charge in [0.25, 0.3) is 0 Å². The van der Waals surface area contributed by atoms with E-state index in [1.54, 1.807) is 12.1 Å². The van der Waals surface area contributed by atoms with Gasteiger partial charge >= 0.3 is 29.9 Å². The van der Waals surface area contributed by atoms with E-state index in [1.165, 1.54) is 37.7 Å². The van der Waals surface area contributed by atoms with Crippen LogP contribution in [0.2, 0.25) is 0 Å². The van der Waals surface area contributed by atoms with Crippen molar-refractivity contribution in [1.82, 2.24) is 0 Å². The van der Waals surface area contributed by atoms with E-state index in [0.29, 0.717) is 41.4 Å². The van der Waals surface area contributed by atoms with Gasteiger partial charge in [-0.15, -0.1) is 0 Å². The number of rotatable bonds is 17. The van der Waals surface area contributed by atoms with Crippen molar-refractivity contribution in [2.75, 3.05) is 0 Å². The summed E-state index contributed by atoms with van der Waals surface area (Å²) in [6.45, 7) is 2.49. The molecule has 290 valence electrons. The molecule has 0 aromatic heterocycles. The molecule has 1 aromatic carbocycles. The number of aromatic hydroxyl groups is 1. The Kier molecular flexibility index (Phi) is 11.4. The van der Waals surface area contributed by atoms with E-state index >= 15 is 0 Å². The zero-order chi connectivity index (χ0) is 37.6. The average Bonchev–Trinajstić information content (AvgIpc) is 3.78. The summed E-state index contributed by atoms with van der Waals surface area (Å²) in [6.07, 6.45) is 2.78. The smallest absolute Gasteiger partial charge is 0.460 e. The lowest BCUT2D eigenvalue weighted by Crippen LogP contribution is -2.60. The summed E-state index contributed by atoms with van der Waals surface area (Å²) >= 11 is 0. The molecule has 0 amide bonds. The average molecular weight is 743 g/mol. The number of aliphatic carboxylic acids is 1. The molecule has 4 aliphatic carbocycles.